The lowest BCUT2D eigenvalue weighted by atomic mass is 9.85. The van der Waals surface area contributed by atoms with Crippen LogP contribution < -0.4 is 10.3 Å². The number of nitrogens with one attached hydrogen (secondary N) is 1. The maximum absolute atomic E-state index is 13.2. The van der Waals surface area contributed by atoms with Crippen LogP contribution in [0.5, 0.6) is 5.75 Å². The highest BCUT2D eigenvalue weighted by Crippen LogP contribution is 2.49. The molecule has 0 spiro atoms. The quantitative estimate of drug-likeness (QED) is 0.421. The fourth-order valence-corrected chi connectivity index (χ4v) is 6.26. The Balaban J connectivity index is 1.52. The molecule has 7 nitrogen and oxygen atoms in total. The maximum atomic E-state index is 13.2. The van der Waals surface area contributed by atoms with Crippen molar-refractivity contribution in [1.82, 2.24) is 0 Å². The molecule has 2 N–H and O–H groups in total. The predicted octanol–water partition coefficient (Wildman–Crippen LogP) is 5.55. The number of carbonyl (C=O) groups is 1. The number of Topliss-reactive ketones (excluding diaryl/α,β-unsaturated/α-hetero) is 1. The van der Waals surface area contributed by atoms with Crippen LogP contribution in [0.15, 0.2) is 62.6 Å². The van der Waals surface area contributed by atoms with Crippen molar-refractivity contribution < 1.29 is 22.7 Å². The summed E-state index contributed by atoms with van der Waals surface area (Å²) in [7, 11) is -3.82. The molecule has 1 aromatic heterocycles. The highest BCUT2D eigenvalue weighted by Gasteiger charge is 2.39. The van der Waals surface area contributed by atoms with Gasteiger partial charge in [-0.05, 0) is 73.4 Å². The van der Waals surface area contributed by atoms with Crippen LogP contribution in [0, 0.1) is 5.92 Å². The molecule has 2 aliphatic carbocycles. The number of sulfonamides is 1. The molecule has 194 valence electrons. The molecule has 0 radical (unpaired) electrons. The molecule has 5 rings (SSSR count). The Morgan fingerprint density at radius 3 is 2.46 bits per heavy atom. The zero-order valence-electron chi connectivity index (χ0n) is 20.8. The zero-order valence-corrected chi connectivity index (χ0v) is 21.6. The first-order valence-electron chi connectivity index (χ1n) is 12.9. The molecule has 1 unspecified atom stereocenters. The van der Waals surface area contributed by atoms with Gasteiger partial charge in [0.1, 0.15) is 11.5 Å². The van der Waals surface area contributed by atoms with Crippen LogP contribution in [-0.2, 0) is 22.9 Å². The van der Waals surface area contributed by atoms with E-state index in [9.17, 15) is 23.1 Å². The second-order valence-corrected chi connectivity index (χ2v) is 11.7. The van der Waals surface area contributed by atoms with Gasteiger partial charge >= 0.3 is 5.63 Å². The Kier molecular flexibility index (Phi) is 6.94. The van der Waals surface area contributed by atoms with Crippen molar-refractivity contribution in [2.45, 2.75) is 69.1 Å². The number of ketones is 1. The zero-order chi connectivity index (χ0) is 26.2. The van der Waals surface area contributed by atoms with Crippen LogP contribution >= 0.6 is 0 Å². The third-order valence-electron chi connectivity index (χ3n) is 7.34. The van der Waals surface area contributed by atoms with E-state index >= 15 is 0 Å². The lowest BCUT2D eigenvalue weighted by Crippen LogP contribution is -2.21. The highest BCUT2D eigenvalue weighted by atomic mass is 32.2. The van der Waals surface area contributed by atoms with Crippen LogP contribution in [-0.4, -0.2) is 19.3 Å². The van der Waals surface area contributed by atoms with Crippen LogP contribution in [0.4, 0.5) is 5.69 Å². The molecule has 2 aliphatic rings. The van der Waals surface area contributed by atoms with E-state index in [-0.39, 0.29) is 39.2 Å². The molecule has 0 aliphatic heterocycles. The minimum atomic E-state index is -3.82. The number of hydrogen-bond acceptors (Lipinski definition) is 6. The molecular weight excluding hydrogens is 490 g/mol. The average molecular weight is 522 g/mol. The van der Waals surface area contributed by atoms with E-state index in [2.05, 4.69) is 4.72 Å². The molecule has 1 fully saturated rings. The number of aryl methyl sites for hydroxylation is 2. The van der Waals surface area contributed by atoms with E-state index in [1.807, 2.05) is 13.0 Å². The fourth-order valence-electron chi connectivity index (χ4n) is 5.21. The van der Waals surface area contributed by atoms with Gasteiger partial charge in [-0.1, -0.05) is 37.6 Å². The maximum Gasteiger partial charge on any atom is 0.343 e. The van der Waals surface area contributed by atoms with Crippen molar-refractivity contribution in [3.05, 3.63) is 87.0 Å². The molecule has 3 aromatic rings. The topological polar surface area (TPSA) is 114 Å². The first kappa shape index (κ1) is 25.3. The third kappa shape index (κ3) is 5.21. The predicted molar refractivity (Wildman–Crippen MR) is 141 cm³/mol. The van der Waals surface area contributed by atoms with Crippen LogP contribution in [0.1, 0.15) is 84.2 Å². The van der Waals surface area contributed by atoms with Gasteiger partial charge in [-0.2, -0.15) is 0 Å². The second-order valence-electron chi connectivity index (χ2n) is 9.98. The summed E-state index contributed by atoms with van der Waals surface area (Å²) in [4.78, 5) is 26.2. The smallest absolute Gasteiger partial charge is 0.343 e. The Labute approximate surface area is 216 Å². The normalized spacial score (nSPS) is 16.9. The van der Waals surface area contributed by atoms with Gasteiger partial charge in [-0.3, -0.25) is 9.52 Å². The van der Waals surface area contributed by atoms with Gasteiger partial charge in [-0.15, -0.1) is 0 Å². The minimum absolute atomic E-state index is 0.0870. The van der Waals surface area contributed by atoms with Gasteiger partial charge in [-0.25, -0.2) is 13.2 Å². The molecule has 37 heavy (non-hydrogen) atoms. The van der Waals surface area contributed by atoms with Crippen molar-refractivity contribution >= 4 is 21.5 Å². The van der Waals surface area contributed by atoms with Crippen molar-refractivity contribution in [3.63, 3.8) is 0 Å². The standard InChI is InChI=1S/C29H31NO6S/c1-2-18-11-15-22(16-12-18)37(34,35)30-21-8-6-7-20(17-21)25(19-13-14-19)27-28(32)26-23(31)9-4-3-5-10-24(26)36-29(27)33/h6-8,11-12,15-17,19,25,30,32H,2-5,9-10,13-14H2,1H3. The molecule has 8 heteroatoms. The van der Waals surface area contributed by atoms with E-state index in [0.717, 1.165) is 44.1 Å². The molecule has 1 atom stereocenters. The van der Waals surface area contributed by atoms with Gasteiger partial charge in [0.15, 0.2) is 5.78 Å². The van der Waals surface area contributed by atoms with Gasteiger partial charge in [0.2, 0.25) is 0 Å². The van der Waals surface area contributed by atoms with E-state index < -0.39 is 21.6 Å². The Morgan fingerprint density at radius 1 is 1.03 bits per heavy atom. The highest BCUT2D eigenvalue weighted by molar-refractivity contribution is 7.92. The van der Waals surface area contributed by atoms with E-state index in [1.54, 1.807) is 42.5 Å². The van der Waals surface area contributed by atoms with Crippen LogP contribution in [0.25, 0.3) is 0 Å². The summed E-state index contributed by atoms with van der Waals surface area (Å²) in [5.74, 6) is -0.641. The third-order valence-corrected chi connectivity index (χ3v) is 8.73. The van der Waals surface area contributed by atoms with E-state index in [1.165, 1.54) is 0 Å². The lowest BCUT2D eigenvalue weighted by molar-refractivity contribution is 0.0968. The van der Waals surface area contributed by atoms with E-state index in [0.29, 0.717) is 24.1 Å². The van der Waals surface area contributed by atoms with Crippen molar-refractivity contribution in [3.8, 4) is 5.75 Å². The minimum Gasteiger partial charge on any atom is -0.506 e. The Hall–Kier alpha value is -3.39. The molecular formula is C29H31NO6S. The molecule has 0 bridgehead atoms. The van der Waals surface area contributed by atoms with Gasteiger partial charge in [0, 0.05) is 24.4 Å². The molecule has 2 aromatic carbocycles. The summed E-state index contributed by atoms with van der Waals surface area (Å²) < 4.78 is 34.3. The number of hydrogen-bond donors (Lipinski definition) is 2. The van der Waals surface area contributed by atoms with E-state index in [4.69, 9.17) is 4.42 Å². The summed E-state index contributed by atoms with van der Waals surface area (Å²) in [5, 5.41) is 11.3. The SMILES string of the molecule is CCc1ccc(S(=O)(=O)Nc2cccc(C(c3c(O)c4c(oc3=O)CCCCCC4=O)C3CC3)c2)cc1. The summed E-state index contributed by atoms with van der Waals surface area (Å²) in [5.41, 5.74) is 1.67. The van der Waals surface area contributed by atoms with Crippen LogP contribution in [0.2, 0.25) is 0 Å². The molecule has 1 heterocycles. The molecule has 1 saturated carbocycles. The Morgan fingerprint density at radius 2 is 1.76 bits per heavy atom. The van der Waals surface area contributed by atoms with Crippen LogP contribution in [0.3, 0.4) is 0 Å². The first-order chi connectivity index (χ1) is 17.8. The largest absolute Gasteiger partial charge is 0.506 e. The molecule has 0 saturated heterocycles. The number of aromatic hydroxyl groups is 1. The summed E-state index contributed by atoms with van der Waals surface area (Å²) >= 11 is 0. The van der Waals surface area contributed by atoms with Crippen molar-refractivity contribution in [1.29, 1.82) is 0 Å². The summed E-state index contributed by atoms with van der Waals surface area (Å²) in [6, 6.07) is 13.6. The molecule has 0 amide bonds. The van der Waals surface area contributed by atoms with Crippen molar-refractivity contribution in [2.24, 2.45) is 5.92 Å². The summed E-state index contributed by atoms with van der Waals surface area (Å²) in [6.07, 6.45) is 5.66. The number of benzene rings is 2. The number of anilines is 1. The average Bonchev–Trinajstić information content (AvgIpc) is 3.70. The monoisotopic (exact) mass is 521 g/mol. The van der Waals surface area contributed by atoms with Gasteiger partial charge < -0.3 is 9.52 Å². The number of fused-ring (bicyclic) bond motifs is 1. The van der Waals surface area contributed by atoms with Gasteiger partial charge in [0.25, 0.3) is 10.0 Å². The van der Waals surface area contributed by atoms with Gasteiger partial charge in [0.05, 0.1) is 16.0 Å². The second kappa shape index (κ2) is 10.2. The fraction of sp³-hybridized carbons (Fsp3) is 0.379. The van der Waals surface area contributed by atoms with Crippen molar-refractivity contribution in [2.75, 3.05) is 4.72 Å². The number of carbonyl (C=O) groups excluding carboxylic acids is 1. The summed E-state index contributed by atoms with van der Waals surface area (Å²) in [6.45, 7) is 2.00. The number of rotatable bonds is 7. The Bertz CT molecular complexity index is 1490. The first-order valence-corrected chi connectivity index (χ1v) is 14.4. The lowest BCUT2D eigenvalue weighted by Gasteiger charge is -2.21.